The van der Waals surface area contributed by atoms with Crippen LogP contribution in [0.3, 0.4) is 0 Å². The van der Waals surface area contributed by atoms with Gasteiger partial charge in [-0.3, -0.25) is 14.9 Å². The maximum absolute atomic E-state index is 12.4. The van der Waals surface area contributed by atoms with Crippen LogP contribution in [0.25, 0.3) is 0 Å². The van der Waals surface area contributed by atoms with Crippen molar-refractivity contribution in [3.05, 3.63) is 59.7 Å². The molecule has 2 aromatic rings. The van der Waals surface area contributed by atoms with Crippen LogP contribution in [-0.2, 0) is 20.7 Å². The Morgan fingerprint density at radius 3 is 2.14 bits per heavy atom. The maximum atomic E-state index is 12.4. The molecule has 1 atom stereocenters. The van der Waals surface area contributed by atoms with Crippen LogP contribution in [0.15, 0.2) is 48.5 Å². The molecule has 0 spiro atoms. The first kappa shape index (κ1) is 21.7. The van der Waals surface area contributed by atoms with Crippen molar-refractivity contribution in [3.63, 3.8) is 0 Å². The van der Waals surface area contributed by atoms with Gasteiger partial charge in [-0.2, -0.15) is 0 Å². The minimum atomic E-state index is -1.24. The first-order chi connectivity index (χ1) is 14.0. The Labute approximate surface area is 169 Å². The number of benzene rings is 2. The molecule has 0 heterocycles. The van der Waals surface area contributed by atoms with Crippen LogP contribution in [0.1, 0.15) is 23.7 Å². The predicted octanol–water partition coefficient (Wildman–Crippen LogP) is 2.38. The lowest BCUT2D eigenvalue weighted by molar-refractivity contribution is -0.156. The number of rotatable bonds is 8. The molecule has 0 aromatic heterocycles. The van der Waals surface area contributed by atoms with Crippen molar-refractivity contribution in [2.45, 2.75) is 18.9 Å². The van der Waals surface area contributed by atoms with Crippen LogP contribution in [-0.4, -0.2) is 39.2 Å². The van der Waals surface area contributed by atoms with Gasteiger partial charge in [0, 0.05) is 25.1 Å². The van der Waals surface area contributed by atoms with Crippen LogP contribution in [0.4, 0.5) is 4.79 Å². The zero-order chi connectivity index (χ0) is 21.2. The number of aryl methyl sites for hydroxylation is 1. The zero-order valence-electron chi connectivity index (χ0n) is 16.6. The molecule has 154 valence electrons. The third kappa shape index (κ3) is 6.53. The number of ether oxygens (including phenoxy) is 3. The van der Waals surface area contributed by atoms with E-state index in [4.69, 9.17) is 14.2 Å². The highest BCUT2D eigenvalue weighted by Gasteiger charge is 2.26. The monoisotopic (exact) mass is 400 g/mol. The second kappa shape index (κ2) is 10.7. The number of nitrogens with one attached hydrogen (secondary N) is 2. The molecule has 0 saturated carbocycles. The largest absolute Gasteiger partial charge is 0.497 e. The third-order valence-corrected chi connectivity index (χ3v) is 4.08. The molecule has 2 aromatic carbocycles. The molecule has 2 N–H and O–H groups in total. The van der Waals surface area contributed by atoms with Crippen molar-refractivity contribution in [1.29, 1.82) is 0 Å². The molecule has 0 radical (unpaired) electrons. The molecule has 0 saturated heterocycles. The Kier molecular flexibility index (Phi) is 8.02. The number of hydrogen-bond acceptors (Lipinski definition) is 6. The fraction of sp³-hybridized carbons (Fsp3) is 0.286. The topological polar surface area (TPSA) is 103 Å². The summed E-state index contributed by atoms with van der Waals surface area (Å²) in [6, 6.07) is 13.1. The first-order valence-corrected chi connectivity index (χ1v) is 8.95. The number of methoxy groups -OCH3 is 2. The van der Waals surface area contributed by atoms with Crippen molar-refractivity contribution in [2.24, 2.45) is 0 Å². The van der Waals surface area contributed by atoms with E-state index in [0.717, 1.165) is 5.56 Å². The Bertz CT molecular complexity index is 831. The molecular formula is C21H24N2O6. The van der Waals surface area contributed by atoms with Crippen molar-refractivity contribution in [1.82, 2.24) is 10.6 Å². The number of amides is 3. The SMILES string of the molecule is CNC(=O)NC(=O)[C@H](OC(=O)CCc1cc(OC)cc(OC)c1)c1ccccc1. The van der Waals surface area contributed by atoms with Crippen LogP contribution >= 0.6 is 0 Å². The van der Waals surface area contributed by atoms with Gasteiger partial charge in [-0.05, 0) is 24.1 Å². The van der Waals surface area contributed by atoms with Gasteiger partial charge in [-0.25, -0.2) is 4.79 Å². The molecule has 2 rings (SSSR count). The fourth-order valence-electron chi connectivity index (χ4n) is 2.59. The molecule has 3 amide bonds. The molecule has 0 fully saturated rings. The third-order valence-electron chi connectivity index (χ3n) is 4.08. The number of hydrogen-bond donors (Lipinski definition) is 2. The second-order valence-corrected chi connectivity index (χ2v) is 6.07. The quantitative estimate of drug-likeness (QED) is 0.660. The molecule has 0 unspecified atom stereocenters. The van der Waals surface area contributed by atoms with Gasteiger partial charge in [0.25, 0.3) is 5.91 Å². The van der Waals surface area contributed by atoms with Crippen LogP contribution in [0.5, 0.6) is 11.5 Å². The highest BCUT2D eigenvalue weighted by Crippen LogP contribution is 2.24. The summed E-state index contributed by atoms with van der Waals surface area (Å²) in [5.74, 6) is -0.0840. The van der Waals surface area contributed by atoms with E-state index in [1.54, 1.807) is 62.8 Å². The normalized spacial score (nSPS) is 11.1. The summed E-state index contributed by atoms with van der Waals surface area (Å²) in [5, 5.41) is 4.43. The maximum Gasteiger partial charge on any atom is 0.321 e. The van der Waals surface area contributed by atoms with E-state index in [-0.39, 0.29) is 6.42 Å². The van der Waals surface area contributed by atoms with Gasteiger partial charge < -0.3 is 19.5 Å². The van der Waals surface area contributed by atoms with Crippen LogP contribution in [0, 0.1) is 0 Å². The lowest BCUT2D eigenvalue weighted by Crippen LogP contribution is -2.41. The molecule has 0 bridgehead atoms. The van der Waals surface area contributed by atoms with E-state index < -0.39 is 24.0 Å². The Morgan fingerprint density at radius 1 is 0.966 bits per heavy atom. The summed E-state index contributed by atoms with van der Waals surface area (Å²) in [4.78, 5) is 36.3. The number of imide groups is 1. The zero-order valence-corrected chi connectivity index (χ0v) is 16.6. The molecule has 0 aliphatic carbocycles. The first-order valence-electron chi connectivity index (χ1n) is 8.95. The molecule has 8 heteroatoms. The average molecular weight is 400 g/mol. The van der Waals surface area contributed by atoms with Gasteiger partial charge in [-0.15, -0.1) is 0 Å². The number of esters is 1. The summed E-state index contributed by atoms with van der Waals surface area (Å²) in [6.07, 6.45) is -0.835. The van der Waals surface area contributed by atoms with E-state index in [0.29, 0.717) is 23.5 Å². The van der Waals surface area contributed by atoms with Crippen LogP contribution in [0.2, 0.25) is 0 Å². The highest BCUT2D eigenvalue weighted by atomic mass is 16.5. The van der Waals surface area contributed by atoms with Gasteiger partial charge in [0.1, 0.15) is 11.5 Å². The van der Waals surface area contributed by atoms with E-state index in [2.05, 4.69) is 10.6 Å². The molecule has 8 nitrogen and oxygen atoms in total. The molecule has 0 aliphatic rings. The second-order valence-electron chi connectivity index (χ2n) is 6.07. The lowest BCUT2D eigenvalue weighted by atomic mass is 10.1. The highest BCUT2D eigenvalue weighted by molar-refractivity contribution is 5.97. The average Bonchev–Trinajstić information content (AvgIpc) is 2.75. The number of urea groups is 1. The molecule has 0 aliphatic heterocycles. The number of carbonyl (C=O) groups is 3. The summed E-state index contributed by atoms with van der Waals surface area (Å²) in [6.45, 7) is 0. The van der Waals surface area contributed by atoms with Crippen LogP contribution < -0.4 is 20.1 Å². The minimum absolute atomic E-state index is 0.0346. The van der Waals surface area contributed by atoms with Gasteiger partial charge in [0.15, 0.2) is 0 Å². The van der Waals surface area contributed by atoms with Gasteiger partial charge in [0.2, 0.25) is 6.10 Å². The Balaban J connectivity index is 2.08. The Morgan fingerprint density at radius 2 is 1.59 bits per heavy atom. The fourth-order valence-corrected chi connectivity index (χ4v) is 2.59. The van der Waals surface area contributed by atoms with Crippen molar-refractivity contribution in [3.8, 4) is 11.5 Å². The van der Waals surface area contributed by atoms with Gasteiger partial charge in [0.05, 0.1) is 14.2 Å². The lowest BCUT2D eigenvalue weighted by Gasteiger charge is -2.17. The summed E-state index contributed by atoms with van der Waals surface area (Å²) in [5.41, 5.74) is 1.29. The van der Waals surface area contributed by atoms with E-state index in [9.17, 15) is 14.4 Å². The number of carbonyl (C=O) groups excluding carboxylic acids is 3. The van der Waals surface area contributed by atoms with E-state index >= 15 is 0 Å². The molecule has 29 heavy (non-hydrogen) atoms. The van der Waals surface area contributed by atoms with E-state index in [1.807, 2.05) is 0 Å². The van der Waals surface area contributed by atoms with Gasteiger partial charge in [-0.1, -0.05) is 30.3 Å². The van der Waals surface area contributed by atoms with Crippen molar-refractivity contribution < 1.29 is 28.6 Å². The standard InChI is InChI=1S/C21H24N2O6/c1-22-21(26)23-20(25)19(15-7-5-4-6-8-15)29-18(24)10-9-14-11-16(27-2)13-17(12-14)28-3/h4-8,11-13,19H,9-10H2,1-3H3,(H2,22,23,25,26)/t19-/m1/s1. The smallest absolute Gasteiger partial charge is 0.321 e. The summed E-state index contributed by atoms with van der Waals surface area (Å²) >= 11 is 0. The Hall–Kier alpha value is -3.55. The van der Waals surface area contributed by atoms with Crippen molar-refractivity contribution >= 4 is 17.9 Å². The van der Waals surface area contributed by atoms with E-state index in [1.165, 1.54) is 7.05 Å². The summed E-state index contributed by atoms with van der Waals surface area (Å²) < 4.78 is 15.8. The van der Waals surface area contributed by atoms with Crippen molar-refractivity contribution in [2.75, 3.05) is 21.3 Å². The minimum Gasteiger partial charge on any atom is -0.497 e. The predicted molar refractivity (Wildman–Crippen MR) is 106 cm³/mol. The molecular weight excluding hydrogens is 376 g/mol. The summed E-state index contributed by atoms with van der Waals surface area (Å²) in [7, 11) is 4.47. The van der Waals surface area contributed by atoms with Gasteiger partial charge >= 0.3 is 12.0 Å².